The van der Waals surface area contributed by atoms with E-state index in [0.29, 0.717) is 29.7 Å². The molecule has 0 bridgehead atoms. The number of amides is 1. The van der Waals surface area contributed by atoms with Crippen LogP contribution < -0.4 is 5.32 Å². The van der Waals surface area contributed by atoms with Gasteiger partial charge in [-0.2, -0.15) is 0 Å². The number of rotatable bonds is 6. The van der Waals surface area contributed by atoms with Gasteiger partial charge >= 0.3 is 6.09 Å². The van der Waals surface area contributed by atoms with Gasteiger partial charge in [0.05, 0.1) is 6.61 Å². The summed E-state index contributed by atoms with van der Waals surface area (Å²) in [5.74, 6) is 1.83. The predicted molar refractivity (Wildman–Crippen MR) is 112 cm³/mol. The number of benzene rings is 2. The van der Waals surface area contributed by atoms with Gasteiger partial charge in [0.25, 0.3) is 0 Å². The third-order valence-corrected chi connectivity index (χ3v) is 5.68. The summed E-state index contributed by atoms with van der Waals surface area (Å²) >= 11 is 0. The van der Waals surface area contributed by atoms with Crippen LogP contribution in [0.5, 0.6) is 0 Å². The maximum absolute atomic E-state index is 12.1. The average Bonchev–Trinajstić information content (AvgIpc) is 3.67. The molecular weight excluding hydrogens is 364 g/mol. The molecule has 0 spiro atoms. The van der Waals surface area contributed by atoms with E-state index in [2.05, 4.69) is 46.9 Å². The summed E-state index contributed by atoms with van der Waals surface area (Å²) < 4.78 is 10.8. The van der Waals surface area contributed by atoms with E-state index >= 15 is 0 Å². The van der Waals surface area contributed by atoms with E-state index in [1.807, 2.05) is 12.1 Å². The predicted octanol–water partition coefficient (Wildman–Crippen LogP) is 6.15. The number of nitrogens with zero attached hydrogens (tertiary/aromatic N) is 1. The smallest absolute Gasteiger partial charge is 0.411 e. The second kappa shape index (κ2) is 7.39. The molecule has 2 aliphatic carbocycles. The van der Waals surface area contributed by atoms with Crippen molar-refractivity contribution in [1.82, 2.24) is 5.16 Å². The quantitative estimate of drug-likeness (QED) is 0.550. The minimum absolute atomic E-state index is 0.461. The highest BCUT2D eigenvalue weighted by molar-refractivity contribution is 5.90. The minimum atomic E-state index is -0.461. The molecule has 2 aliphatic rings. The highest BCUT2D eigenvalue weighted by Gasteiger charge is 2.25. The van der Waals surface area contributed by atoms with Crippen LogP contribution in [0.1, 0.15) is 42.9 Å². The topological polar surface area (TPSA) is 64.4 Å². The van der Waals surface area contributed by atoms with Crippen LogP contribution in [0.4, 0.5) is 10.5 Å². The molecule has 0 unspecified atom stereocenters. The van der Waals surface area contributed by atoms with E-state index in [1.54, 1.807) is 6.92 Å². The Bertz CT molecular complexity index is 1010. The number of carbonyl (C=O) groups is 1. The number of hydrogen-bond acceptors (Lipinski definition) is 4. The summed E-state index contributed by atoms with van der Waals surface area (Å²) in [4.78, 5) is 12.1. The molecule has 0 radical (unpaired) electrons. The Labute approximate surface area is 170 Å². The number of aryl methyl sites for hydroxylation is 1. The van der Waals surface area contributed by atoms with Gasteiger partial charge in [-0.15, -0.1) is 0 Å². The van der Waals surface area contributed by atoms with Gasteiger partial charge < -0.3 is 9.26 Å². The van der Waals surface area contributed by atoms with Crippen LogP contribution in [0.25, 0.3) is 22.5 Å². The van der Waals surface area contributed by atoms with E-state index in [-0.39, 0.29) is 0 Å². The fourth-order valence-corrected chi connectivity index (χ4v) is 3.51. The molecule has 0 aliphatic heterocycles. The van der Waals surface area contributed by atoms with E-state index in [9.17, 15) is 4.79 Å². The van der Waals surface area contributed by atoms with E-state index in [4.69, 9.17) is 9.26 Å². The first kappa shape index (κ1) is 18.0. The highest BCUT2D eigenvalue weighted by Crippen LogP contribution is 2.40. The Hall–Kier alpha value is -3.08. The molecule has 5 heteroatoms. The second-order valence-electron chi connectivity index (χ2n) is 8.11. The molecule has 5 nitrogen and oxygen atoms in total. The Kier molecular flexibility index (Phi) is 4.58. The lowest BCUT2D eigenvalue weighted by Gasteiger charge is -2.08. The zero-order chi connectivity index (χ0) is 19.8. The molecule has 1 N–H and O–H groups in total. The zero-order valence-corrected chi connectivity index (χ0v) is 16.5. The molecule has 148 valence electrons. The largest absolute Gasteiger partial charge is 0.449 e. The molecule has 5 rings (SSSR count). The Morgan fingerprint density at radius 3 is 2.24 bits per heavy atom. The Morgan fingerprint density at radius 1 is 1.00 bits per heavy atom. The molecule has 1 heterocycles. The Balaban J connectivity index is 1.32. The lowest BCUT2D eigenvalue weighted by Crippen LogP contribution is -2.15. The molecular formula is C24H24N2O3. The molecule has 2 saturated carbocycles. The summed E-state index contributed by atoms with van der Waals surface area (Å²) in [6.07, 6.45) is 4.45. The van der Waals surface area contributed by atoms with Crippen molar-refractivity contribution < 1.29 is 14.1 Å². The SMILES string of the molecule is Cc1noc(-c2ccc(-c3ccc(C4CC4)cc3)cc2)c1NC(=O)OCC1CC1. The summed E-state index contributed by atoms with van der Waals surface area (Å²) in [7, 11) is 0. The van der Waals surface area contributed by atoms with Crippen LogP contribution in [0.15, 0.2) is 53.1 Å². The molecule has 2 aromatic carbocycles. The van der Waals surface area contributed by atoms with Crippen LogP contribution in [-0.2, 0) is 4.74 Å². The van der Waals surface area contributed by atoms with Gasteiger partial charge in [-0.1, -0.05) is 53.7 Å². The van der Waals surface area contributed by atoms with Crippen molar-refractivity contribution in [2.24, 2.45) is 5.92 Å². The standard InChI is InChI=1S/C24H24N2O3/c1-15-22(25-24(27)28-14-16-2-3-16)23(29-26-15)21-12-10-20(11-13-21)19-8-6-18(7-9-19)17-4-5-17/h6-13,16-17H,2-5,14H2,1H3,(H,25,27). The maximum Gasteiger partial charge on any atom is 0.411 e. The van der Waals surface area contributed by atoms with Gasteiger partial charge in [-0.25, -0.2) is 4.79 Å². The van der Waals surface area contributed by atoms with Crippen LogP contribution >= 0.6 is 0 Å². The number of carbonyl (C=O) groups excluding carboxylic acids is 1. The van der Waals surface area contributed by atoms with E-state index in [0.717, 1.165) is 29.9 Å². The van der Waals surface area contributed by atoms with Gasteiger partial charge in [-0.05, 0) is 61.1 Å². The summed E-state index contributed by atoms with van der Waals surface area (Å²) in [6.45, 7) is 2.28. The van der Waals surface area contributed by atoms with Crippen LogP contribution in [-0.4, -0.2) is 17.9 Å². The van der Waals surface area contributed by atoms with Crippen molar-refractivity contribution >= 4 is 11.8 Å². The number of hydrogen-bond donors (Lipinski definition) is 1. The first-order valence-corrected chi connectivity index (χ1v) is 10.3. The molecule has 2 fully saturated rings. The van der Waals surface area contributed by atoms with Crippen molar-refractivity contribution in [1.29, 1.82) is 0 Å². The summed E-state index contributed by atoms with van der Waals surface area (Å²) in [5.41, 5.74) is 5.83. The van der Waals surface area contributed by atoms with Crippen molar-refractivity contribution in [3.63, 3.8) is 0 Å². The molecule has 1 aromatic heterocycles. The average molecular weight is 388 g/mol. The van der Waals surface area contributed by atoms with Crippen LogP contribution in [0, 0.1) is 12.8 Å². The van der Waals surface area contributed by atoms with E-state index < -0.39 is 6.09 Å². The van der Waals surface area contributed by atoms with E-state index in [1.165, 1.54) is 24.0 Å². The zero-order valence-electron chi connectivity index (χ0n) is 16.5. The lowest BCUT2D eigenvalue weighted by atomic mass is 10.0. The fourth-order valence-electron chi connectivity index (χ4n) is 3.51. The Morgan fingerprint density at radius 2 is 1.62 bits per heavy atom. The van der Waals surface area contributed by atoms with Gasteiger partial charge in [0, 0.05) is 5.56 Å². The third-order valence-electron chi connectivity index (χ3n) is 5.68. The van der Waals surface area contributed by atoms with Gasteiger partial charge in [-0.3, -0.25) is 5.32 Å². The molecule has 3 aromatic rings. The monoisotopic (exact) mass is 388 g/mol. The molecule has 29 heavy (non-hydrogen) atoms. The van der Waals surface area contributed by atoms with Gasteiger partial charge in [0.1, 0.15) is 11.4 Å². The van der Waals surface area contributed by atoms with Crippen LogP contribution in [0.3, 0.4) is 0 Å². The number of ether oxygens (including phenoxy) is 1. The molecule has 1 amide bonds. The first-order valence-electron chi connectivity index (χ1n) is 10.3. The second-order valence-corrected chi connectivity index (χ2v) is 8.11. The maximum atomic E-state index is 12.1. The van der Waals surface area contributed by atoms with Gasteiger partial charge in [0.15, 0.2) is 5.76 Å². The van der Waals surface area contributed by atoms with Gasteiger partial charge in [0.2, 0.25) is 0 Å². The number of nitrogens with one attached hydrogen (secondary N) is 1. The highest BCUT2D eigenvalue weighted by atomic mass is 16.5. The van der Waals surface area contributed by atoms with Crippen molar-refractivity contribution in [3.05, 3.63) is 59.8 Å². The summed E-state index contributed by atoms with van der Waals surface area (Å²) in [6, 6.07) is 16.9. The van der Waals surface area contributed by atoms with Crippen LogP contribution in [0.2, 0.25) is 0 Å². The van der Waals surface area contributed by atoms with Crippen molar-refractivity contribution in [2.75, 3.05) is 11.9 Å². The summed E-state index contributed by atoms with van der Waals surface area (Å²) in [5, 5.41) is 6.81. The third kappa shape index (κ3) is 4.04. The fraction of sp³-hybridized carbons (Fsp3) is 0.333. The minimum Gasteiger partial charge on any atom is -0.449 e. The molecule has 0 atom stereocenters. The van der Waals surface area contributed by atoms with Crippen molar-refractivity contribution in [2.45, 2.75) is 38.5 Å². The normalized spacial score (nSPS) is 15.9. The number of anilines is 1. The molecule has 0 saturated heterocycles. The van der Waals surface area contributed by atoms with Crippen molar-refractivity contribution in [3.8, 4) is 22.5 Å². The number of aromatic nitrogens is 1. The lowest BCUT2D eigenvalue weighted by molar-refractivity contribution is 0.156. The first-order chi connectivity index (χ1) is 14.2.